The number of para-hydroxylation sites is 2. The van der Waals surface area contributed by atoms with Crippen LogP contribution < -0.4 is 15.4 Å². The van der Waals surface area contributed by atoms with E-state index in [0.717, 1.165) is 11.1 Å². The predicted molar refractivity (Wildman–Crippen MR) is 110 cm³/mol. The first-order valence-corrected chi connectivity index (χ1v) is 8.85. The summed E-state index contributed by atoms with van der Waals surface area (Å²) in [5.41, 5.74) is 2.32. The summed E-state index contributed by atoms with van der Waals surface area (Å²) in [7, 11) is 1.57. The minimum Gasteiger partial charge on any atom is -0.495 e. The van der Waals surface area contributed by atoms with Gasteiger partial charge in [-0.2, -0.15) is 0 Å². The number of ether oxygens (including phenoxy) is 1. The van der Waals surface area contributed by atoms with Gasteiger partial charge in [0.1, 0.15) is 11.3 Å². The van der Waals surface area contributed by atoms with Crippen LogP contribution in [-0.4, -0.2) is 23.1 Å². The second-order valence-electron chi connectivity index (χ2n) is 7.06. The van der Waals surface area contributed by atoms with Crippen LogP contribution in [0.5, 0.6) is 5.75 Å². The number of amides is 1. The lowest BCUT2D eigenvalue weighted by Gasteiger charge is -2.19. The van der Waals surface area contributed by atoms with E-state index in [1.165, 1.54) is 0 Å². The number of fused-ring (bicyclic) bond motifs is 1. The number of nitrogens with one attached hydrogen (secondary N) is 2. The molecular weight excluding hydrogens is 362 g/mol. The van der Waals surface area contributed by atoms with Gasteiger partial charge in [-0.3, -0.25) is 4.79 Å². The molecule has 0 bridgehead atoms. The summed E-state index contributed by atoms with van der Waals surface area (Å²) < 4.78 is 11.2. The molecule has 0 aliphatic rings. The van der Waals surface area contributed by atoms with Gasteiger partial charge in [-0.1, -0.05) is 32.9 Å². The Bertz CT molecular complexity index is 972. The number of hydrogen-bond acceptors (Lipinski definition) is 5. The molecular formula is C20H21N3O3S. The molecule has 0 saturated heterocycles. The lowest BCUT2D eigenvalue weighted by atomic mass is 9.96. The van der Waals surface area contributed by atoms with Crippen molar-refractivity contribution in [2.75, 3.05) is 12.4 Å². The zero-order chi connectivity index (χ0) is 19.6. The minimum absolute atomic E-state index is 0.172. The summed E-state index contributed by atoms with van der Waals surface area (Å²) in [5.74, 6) is 0.905. The average molecular weight is 383 g/mol. The topological polar surface area (TPSA) is 76.4 Å². The highest BCUT2D eigenvalue weighted by Gasteiger charge is 2.22. The molecule has 1 aromatic heterocycles. The number of nitrogens with zero attached hydrogens (tertiary/aromatic N) is 1. The number of aromatic nitrogens is 1. The molecule has 0 aliphatic carbocycles. The zero-order valence-electron chi connectivity index (χ0n) is 15.6. The Balaban J connectivity index is 1.87. The standard InChI is InChI=1S/C20H21N3O3S/c1-20(2,3)18(24)23-19(27)22-14-11-12(9-10-15(14)25-4)17-21-13-7-5-6-8-16(13)26-17/h5-11H,1-4H3,(H2,22,23,24,27). The van der Waals surface area contributed by atoms with Crippen LogP contribution in [0.4, 0.5) is 5.69 Å². The molecule has 27 heavy (non-hydrogen) atoms. The Morgan fingerprint density at radius 2 is 1.93 bits per heavy atom. The van der Waals surface area contributed by atoms with Gasteiger partial charge in [-0.15, -0.1) is 0 Å². The summed E-state index contributed by atoms with van der Waals surface area (Å²) in [6.07, 6.45) is 0. The van der Waals surface area contributed by atoms with Crippen LogP contribution in [-0.2, 0) is 4.79 Å². The first kappa shape index (κ1) is 18.8. The minimum atomic E-state index is -0.546. The molecule has 2 N–H and O–H groups in total. The van der Waals surface area contributed by atoms with E-state index >= 15 is 0 Å². The molecule has 0 unspecified atom stereocenters. The highest BCUT2D eigenvalue weighted by molar-refractivity contribution is 7.80. The maximum Gasteiger partial charge on any atom is 0.231 e. The molecule has 3 rings (SSSR count). The Labute approximate surface area is 162 Å². The molecule has 6 nitrogen and oxygen atoms in total. The summed E-state index contributed by atoms with van der Waals surface area (Å²) in [6, 6.07) is 13.0. The van der Waals surface area contributed by atoms with Gasteiger partial charge in [0.05, 0.1) is 12.8 Å². The number of carbonyl (C=O) groups excluding carboxylic acids is 1. The highest BCUT2D eigenvalue weighted by Crippen LogP contribution is 2.31. The summed E-state index contributed by atoms with van der Waals surface area (Å²) in [5, 5.41) is 5.90. The van der Waals surface area contributed by atoms with Crippen molar-refractivity contribution in [2.45, 2.75) is 20.8 Å². The molecule has 3 aromatic rings. The second kappa shape index (κ2) is 7.36. The third-order valence-corrected chi connectivity index (χ3v) is 4.10. The second-order valence-corrected chi connectivity index (χ2v) is 7.47. The molecule has 0 atom stereocenters. The van der Waals surface area contributed by atoms with Crippen molar-refractivity contribution in [3.63, 3.8) is 0 Å². The Morgan fingerprint density at radius 3 is 2.59 bits per heavy atom. The van der Waals surface area contributed by atoms with Crippen LogP contribution in [0.3, 0.4) is 0 Å². The summed E-state index contributed by atoms with van der Waals surface area (Å²) >= 11 is 5.26. The van der Waals surface area contributed by atoms with E-state index < -0.39 is 5.41 Å². The lowest BCUT2D eigenvalue weighted by Crippen LogP contribution is -2.41. The first-order chi connectivity index (χ1) is 12.8. The molecule has 1 heterocycles. The van der Waals surface area contributed by atoms with E-state index in [0.29, 0.717) is 22.9 Å². The molecule has 140 valence electrons. The number of benzene rings is 2. The fourth-order valence-electron chi connectivity index (χ4n) is 2.38. The van der Waals surface area contributed by atoms with Crippen LogP contribution in [0.2, 0.25) is 0 Å². The smallest absolute Gasteiger partial charge is 0.231 e. The molecule has 1 amide bonds. The molecule has 0 spiro atoms. The number of carbonyl (C=O) groups is 1. The van der Waals surface area contributed by atoms with Crippen molar-refractivity contribution < 1.29 is 13.9 Å². The van der Waals surface area contributed by atoms with Crippen LogP contribution in [0, 0.1) is 5.41 Å². The monoisotopic (exact) mass is 383 g/mol. The van der Waals surface area contributed by atoms with E-state index in [1.54, 1.807) is 13.2 Å². The number of hydrogen-bond donors (Lipinski definition) is 2. The third kappa shape index (κ3) is 4.25. The highest BCUT2D eigenvalue weighted by atomic mass is 32.1. The number of oxazole rings is 1. The lowest BCUT2D eigenvalue weighted by molar-refractivity contribution is -0.126. The molecule has 0 fully saturated rings. The van der Waals surface area contributed by atoms with Crippen molar-refractivity contribution in [2.24, 2.45) is 5.41 Å². The largest absolute Gasteiger partial charge is 0.495 e. The van der Waals surface area contributed by atoms with Gasteiger partial charge >= 0.3 is 0 Å². The Kier molecular flexibility index (Phi) is 5.14. The van der Waals surface area contributed by atoms with E-state index in [4.69, 9.17) is 21.4 Å². The van der Waals surface area contributed by atoms with E-state index in [-0.39, 0.29) is 11.0 Å². The number of thiocarbonyl (C=S) groups is 1. The summed E-state index contributed by atoms with van der Waals surface area (Å²) in [4.78, 5) is 16.6. The third-order valence-electron chi connectivity index (χ3n) is 3.90. The molecule has 2 aromatic carbocycles. The van der Waals surface area contributed by atoms with Crippen molar-refractivity contribution in [3.8, 4) is 17.2 Å². The molecule has 0 radical (unpaired) electrons. The van der Waals surface area contributed by atoms with E-state index in [2.05, 4.69) is 15.6 Å². The predicted octanol–water partition coefficient (Wildman–Crippen LogP) is 4.36. The van der Waals surface area contributed by atoms with Gasteiger partial charge < -0.3 is 19.8 Å². The summed E-state index contributed by atoms with van der Waals surface area (Å²) in [6.45, 7) is 5.46. The average Bonchev–Trinajstić information content (AvgIpc) is 3.05. The van der Waals surface area contributed by atoms with Crippen LogP contribution in [0.15, 0.2) is 46.9 Å². The van der Waals surface area contributed by atoms with Gasteiger partial charge in [-0.25, -0.2) is 4.98 Å². The van der Waals surface area contributed by atoms with Gasteiger partial charge in [0.25, 0.3) is 0 Å². The molecule has 7 heteroatoms. The number of methoxy groups -OCH3 is 1. The number of rotatable bonds is 3. The SMILES string of the molecule is COc1ccc(-c2nc3ccccc3o2)cc1NC(=S)NC(=O)C(C)(C)C. The van der Waals surface area contributed by atoms with Gasteiger partial charge in [0.2, 0.25) is 11.8 Å². The van der Waals surface area contributed by atoms with Crippen molar-refractivity contribution in [1.82, 2.24) is 10.3 Å². The van der Waals surface area contributed by atoms with Crippen LogP contribution >= 0.6 is 12.2 Å². The molecule has 0 aliphatic heterocycles. The fraction of sp³-hybridized carbons (Fsp3) is 0.250. The van der Waals surface area contributed by atoms with Crippen molar-refractivity contribution in [3.05, 3.63) is 42.5 Å². The van der Waals surface area contributed by atoms with Crippen molar-refractivity contribution >= 4 is 40.0 Å². The maximum absolute atomic E-state index is 12.1. The van der Waals surface area contributed by atoms with Gasteiger partial charge in [0.15, 0.2) is 10.7 Å². The maximum atomic E-state index is 12.1. The quantitative estimate of drug-likeness (QED) is 0.655. The van der Waals surface area contributed by atoms with Crippen molar-refractivity contribution in [1.29, 1.82) is 0 Å². The van der Waals surface area contributed by atoms with Crippen LogP contribution in [0.1, 0.15) is 20.8 Å². The molecule has 0 saturated carbocycles. The van der Waals surface area contributed by atoms with Gasteiger partial charge in [-0.05, 0) is 42.5 Å². The fourth-order valence-corrected chi connectivity index (χ4v) is 2.58. The normalized spacial score (nSPS) is 11.3. The van der Waals surface area contributed by atoms with E-state index in [1.807, 2.05) is 57.2 Å². The Morgan fingerprint density at radius 1 is 1.19 bits per heavy atom. The van der Waals surface area contributed by atoms with E-state index in [9.17, 15) is 4.79 Å². The number of anilines is 1. The zero-order valence-corrected chi connectivity index (χ0v) is 16.4. The first-order valence-electron chi connectivity index (χ1n) is 8.44. The van der Waals surface area contributed by atoms with Gasteiger partial charge in [0, 0.05) is 11.0 Å². The van der Waals surface area contributed by atoms with Crippen LogP contribution in [0.25, 0.3) is 22.6 Å². The Hall–Kier alpha value is -2.93.